The van der Waals surface area contributed by atoms with Gasteiger partial charge in [0, 0.05) is 6.42 Å². The maximum atomic E-state index is 10.8. The van der Waals surface area contributed by atoms with Crippen LogP contribution in [-0.4, -0.2) is 5.91 Å². The van der Waals surface area contributed by atoms with Crippen molar-refractivity contribution in [2.75, 3.05) is 0 Å². The van der Waals surface area contributed by atoms with E-state index in [4.69, 9.17) is 5.73 Å². The van der Waals surface area contributed by atoms with Crippen molar-refractivity contribution in [1.29, 1.82) is 0 Å². The molecular formula is C13H17NO. The SMILES string of the molecule is Cc1ccc2c(c1)C(CCC(N)=O)CC2. The molecule has 2 nitrogen and oxygen atoms in total. The van der Waals surface area contributed by atoms with Gasteiger partial charge in [-0.25, -0.2) is 0 Å². The minimum Gasteiger partial charge on any atom is -0.370 e. The minimum atomic E-state index is -0.184. The largest absolute Gasteiger partial charge is 0.370 e. The van der Waals surface area contributed by atoms with Gasteiger partial charge < -0.3 is 5.73 Å². The molecule has 0 radical (unpaired) electrons. The molecule has 0 aliphatic heterocycles. The summed E-state index contributed by atoms with van der Waals surface area (Å²) in [7, 11) is 0. The van der Waals surface area contributed by atoms with E-state index in [1.807, 2.05) is 0 Å². The lowest BCUT2D eigenvalue weighted by Gasteiger charge is -2.10. The van der Waals surface area contributed by atoms with Crippen LogP contribution in [0.3, 0.4) is 0 Å². The second-order valence-corrected chi connectivity index (χ2v) is 4.44. The predicted molar refractivity (Wildman–Crippen MR) is 60.7 cm³/mol. The smallest absolute Gasteiger partial charge is 0.217 e. The van der Waals surface area contributed by atoms with E-state index < -0.39 is 0 Å². The monoisotopic (exact) mass is 203 g/mol. The molecule has 2 rings (SSSR count). The molecule has 2 heteroatoms. The summed E-state index contributed by atoms with van der Waals surface area (Å²) in [5.41, 5.74) is 9.38. The molecule has 0 fully saturated rings. The number of hydrogen-bond donors (Lipinski definition) is 1. The molecule has 1 unspecified atom stereocenters. The first kappa shape index (κ1) is 10.2. The lowest BCUT2D eigenvalue weighted by molar-refractivity contribution is -0.118. The normalized spacial score (nSPS) is 18.9. The van der Waals surface area contributed by atoms with Gasteiger partial charge in [-0.05, 0) is 43.2 Å². The van der Waals surface area contributed by atoms with Crippen LogP contribution < -0.4 is 5.73 Å². The number of benzene rings is 1. The molecular weight excluding hydrogens is 186 g/mol. The maximum absolute atomic E-state index is 10.8. The van der Waals surface area contributed by atoms with Crippen LogP contribution in [0.5, 0.6) is 0 Å². The molecule has 80 valence electrons. The van der Waals surface area contributed by atoms with Crippen molar-refractivity contribution in [1.82, 2.24) is 0 Å². The average molecular weight is 203 g/mol. The van der Waals surface area contributed by atoms with E-state index in [1.165, 1.54) is 23.1 Å². The van der Waals surface area contributed by atoms with Gasteiger partial charge in [0.1, 0.15) is 0 Å². The van der Waals surface area contributed by atoms with Gasteiger partial charge in [0.15, 0.2) is 0 Å². The second-order valence-electron chi connectivity index (χ2n) is 4.44. The number of carbonyl (C=O) groups is 1. The standard InChI is InChI=1S/C13H17NO/c1-9-2-3-10-4-5-11(12(10)8-9)6-7-13(14)15/h2-3,8,11H,4-7H2,1H3,(H2,14,15). The molecule has 2 N–H and O–H groups in total. The first-order chi connectivity index (χ1) is 7.16. The number of primary amides is 1. The molecule has 0 heterocycles. The van der Waals surface area contributed by atoms with Crippen molar-refractivity contribution in [3.05, 3.63) is 34.9 Å². The topological polar surface area (TPSA) is 43.1 Å². The molecule has 1 amide bonds. The molecule has 0 saturated heterocycles. The highest BCUT2D eigenvalue weighted by molar-refractivity contribution is 5.73. The third-order valence-corrected chi connectivity index (χ3v) is 3.24. The Balaban J connectivity index is 2.13. The number of amides is 1. The van der Waals surface area contributed by atoms with Gasteiger partial charge in [-0.1, -0.05) is 23.8 Å². The number of hydrogen-bond acceptors (Lipinski definition) is 1. The number of nitrogens with two attached hydrogens (primary N) is 1. The fourth-order valence-corrected chi connectivity index (χ4v) is 2.42. The highest BCUT2D eigenvalue weighted by atomic mass is 16.1. The van der Waals surface area contributed by atoms with Gasteiger partial charge in [0.2, 0.25) is 5.91 Å². The lowest BCUT2D eigenvalue weighted by Crippen LogP contribution is -2.11. The van der Waals surface area contributed by atoms with E-state index in [0.717, 1.165) is 12.8 Å². The van der Waals surface area contributed by atoms with Crippen molar-refractivity contribution in [3.63, 3.8) is 0 Å². The van der Waals surface area contributed by atoms with Gasteiger partial charge in [-0.3, -0.25) is 4.79 Å². The molecule has 0 aromatic heterocycles. The highest BCUT2D eigenvalue weighted by Gasteiger charge is 2.22. The van der Waals surface area contributed by atoms with Crippen molar-refractivity contribution in [3.8, 4) is 0 Å². The Kier molecular flexibility index (Phi) is 2.76. The fourth-order valence-electron chi connectivity index (χ4n) is 2.42. The zero-order valence-electron chi connectivity index (χ0n) is 9.12. The van der Waals surface area contributed by atoms with Crippen molar-refractivity contribution in [2.24, 2.45) is 5.73 Å². The number of rotatable bonds is 3. The molecule has 1 aliphatic carbocycles. The molecule has 0 saturated carbocycles. The first-order valence-electron chi connectivity index (χ1n) is 5.54. The van der Waals surface area contributed by atoms with E-state index in [1.54, 1.807) is 0 Å². The summed E-state index contributed by atoms with van der Waals surface area (Å²) in [6.45, 7) is 2.11. The zero-order chi connectivity index (χ0) is 10.8. The van der Waals surface area contributed by atoms with Crippen LogP contribution in [0.1, 0.15) is 41.9 Å². The van der Waals surface area contributed by atoms with Crippen LogP contribution in [0.25, 0.3) is 0 Å². The Morgan fingerprint density at radius 3 is 3.07 bits per heavy atom. The summed E-state index contributed by atoms with van der Waals surface area (Å²) >= 11 is 0. The Hall–Kier alpha value is -1.31. The highest BCUT2D eigenvalue weighted by Crippen LogP contribution is 2.36. The summed E-state index contributed by atoms with van der Waals surface area (Å²) in [5, 5.41) is 0. The summed E-state index contributed by atoms with van der Waals surface area (Å²) in [6.07, 6.45) is 3.74. The molecule has 15 heavy (non-hydrogen) atoms. The van der Waals surface area contributed by atoms with Crippen molar-refractivity contribution < 1.29 is 4.79 Å². The third-order valence-electron chi connectivity index (χ3n) is 3.24. The quantitative estimate of drug-likeness (QED) is 0.804. The van der Waals surface area contributed by atoms with E-state index in [-0.39, 0.29) is 5.91 Å². The average Bonchev–Trinajstić information content (AvgIpc) is 2.57. The number of fused-ring (bicyclic) bond motifs is 1. The Morgan fingerprint density at radius 1 is 1.53 bits per heavy atom. The van der Waals surface area contributed by atoms with Crippen molar-refractivity contribution in [2.45, 2.75) is 38.5 Å². The van der Waals surface area contributed by atoms with E-state index in [9.17, 15) is 4.79 Å². The summed E-state index contributed by atoms with van der Waals surface area (Å²) in [6, 6.07) is 6.64. The van der Waals surface area contributed by atoms with E-state index in [0.29, 0.717) is 12.3 Å². The zero-order valence-corrected chi connectivity index (χ0v) is 9.12. The fraction of sp³-hybridized carbons (Fsp3) is 0.462. The summed E-state index contributed by atoms with van der Waals surface area (Å²) in [4.78, 5) is 10.8. The van der Waals surface area contributed by atoms with Crippen LogP contribution in [-0.2, 0) is 11.2 Å². The molecule has 1 aromatic rings. The predicted octanol–water partition coefficient (Wildman–Crippen LogP) is 2.29. The Morgan fingerprint density at radius 2 is 2.33 bits per heavy atom. The van der Waals surface area contributed by atoms with Crippen LogP contribution in [0, 0.1) is 6.92 Å². The van der Waals surface area contributed by atoms with Gasteiger partial charge in [-0.15, -0.1) is 0 Å². The number of carbonyl (C=O) groups excluding carboxylic acids is 1. The molecule has 0 spiro atoms. The molecule has 1 aliphatic rings. The van der Waals surface area contributed by atoms with Gasteiger partial charge in [0.05, 0.1) is 0 Å². The van der Waals surface area contributed by atoms with Crippen LogP contribution in [0.2, 0.25) is 0 Å². The lowest BCUT2D eigenvalue weighted by atomic mass is 9.95. The summed E-state index contributed by atoms with van der Waals surface area (Å²) in [5.74, 6) is 0.364. The number of aryl methyl sites for hydroxylation is 2. The van der Waals surface area contributed by atoms with Crippen LogP contribution in [0.4, 0.5) is 0 Å². The molecule has 0 bridgehead atoms. The molecule has 1 atom stereocenters. The van der Waals surface area contributed by atoms with Crippen molar-refractivity contribution >= 4 is 5.91 Å². The first-order valence-corrected chi connectivity index (χ1v) is 5.54. The van der Waals surface area contributed by atoms with E-state index >= 15 is 0 Å². The minimum absolute atomic E-state index is 0.184. The van der Waals surface area contributed by atoms with E-state index in [2.05, 4.69) is 25.1 Å². The third kappa shape index (κ3) is 2.20. The summed E-state index contributed by atoms with van der Waals surface area (Å²) < 4.78 is 0. The molecule has 1 aromatic carbocycles. The van der Waals surface area contributed by atoms with Gasteiger partial charge in [-0.2, -0.15) is 0 Å². The maximum Gasteiger partial charge on any atom is 0.217 e. The van der Waals surface area contributed by atoms with Gasteiger partial charge in [0.25, 0.3) is 0 Å². The Labute approximate surface area is 90.5 Å². The van der Waals surface area contributed by atoms with Crippen LogP contribution >= 0.6 is 0 Å². The van der Waals surface area contributed by atoms with Gasteiger partial charge >= 0.3 is 0 Å². The second kappa shape index (κ2) is 4.05. The van der Waals surface area contributed by atoms with Crippen LogP contribution in [0.15, 0.2) is 18.2 Å². The Bertz CT molecular complexity index is 384.